The highest BCUT2D eigenvalue weighted by Crippen LogP contribution is 2.37. The molecule has 0 saturated heterocycles. The summed E-state index contributed by atoms with van der Waals surface area (Å²) in [6, 6.07) is 0.729. The quantitative estimate of drug-likeness (QED) is 0.766. The number of nitrogens with two attached hydrogens (primary N) is 1. The van der Waals surface area contributed by atoms with Crippen LogP contribution in [-0.2, 0) is 4.79 Å². The van der Waals surface area contributed by atoms with Crippen molar-refractivity contribution in [2.75, 3.05) is 26.7 Å². The molecule has 0 unspecified atom stereocenters. The Morgan fingerprint density at radius 3 is 2.47 bits per heavy atom. The van der Waals surface area contributed by atoms with E-state index in [2.05, 4.69) is 17.3 Å². The molecule has 0 radical (unpaired) electrons. The van der Waals surface area contributed by atoms with Crippen LogP contribution in [0.2, 0.25) is 0 Å². The maximum atomic E-state index is 12.3. The van der Waals surface area contributed by atoms with Crippen LogP contribution in [0.15, 0.2) is 0 Å². The largest absolute Gasteiger partial charge is 0.354 e. The molecule has 0 heterocycles. The zero-order valence-corrected chi connectivity index (χ0v) is 12.3. The van der Waals surface area contributed by atoms with Crippen LogP contribution in [0.1, 0.15) is 51.4 Å². The van der Waals surface area contributed by atoms with Gasteiger partial charge >= 0.3 is 0 Å². The average Bonchev–Trinajstić information content (AvgIpc) is 3.10. The summed E-state index contributed by atoms with van der Waals surface area (Å²) >= 11 is 0. The van der Waals surface area contributed by atoms with E-state index in [-0.39, 0.29) is 11.3 Å². The second-order valence-corrected chi connectivity index (χ2v) is 6.37. The van der Waals surface area contributed by atoms with Gasteiger partial charge in [-0.05, 0) is 32.7 Å². The monoisotopic (exact) mass is 267 g/mol. The number of carbonyl (C=O) groups is 1. The predicted octanol–water partition coefficient (Wildman–Crippen LogP) is 1.50. The van der Waals surface area contributed by atoms with Gasteiger partial charge in [-0.25, -0.2) is 0 Å². The number of likely N-dealkylation sites (N-methyl/N-ethyl adjacent to an activating group) is 1. The molecule has 0 aliphatic heterocycles. The molecule has 2 fully saturated rings. The molecular formula is C15H29N3O. The lowest BCUT2D eigenvalue weighted by Gasteiger charge is -2.28. The van der Waals surface area contributed by atoms with E-state index in [0.29, 0.717) is 6.54 Å². The van der Waals surface area contributed by atoms with Crippen molar-refractivity contribution in [3.05, 3.63) is 0 Å². The predicted molar refractivity (Wildman–Crippen MR) is 77.9 cm³/mol. The van der Waals surface area contributed by atoms with Gasteiger partial charge in [-0.3, -0.25) is 4.79 Å². The fourth-order valence-corrected chi connectivity index (χ4v) is 3.64. The molecule has 2 saturated carbocycles. The summed E-state index contributed by atoms with van der Waals surface area (Å²) in [5.41, 5.74) is 5.57. The van der Waals surface area contributed by atoms with Crippen molar-refractivity contribution in [1.29, 1.82) is 0 Å². The zero-order chi connectivity index (χ0) is 13.7. The molecule has 0 spiro atoms. The Kier molecular flexibility index (Phi) is 5.22. The van der Waals surface area contributed by atoms with Crippen molar-refractivity contribution >= 4 is 5.91 Å². The highest BCUT2D eigenvalue weighted by molar-refractivity contribution is 5.83. The van der Waals surface area contributed by atoms with E-state index in [9.17, 15) is 4.79 Å². The van der Waals surface area contributed by atoms with Crippen molar-refractivity contribution in [1.82, 2.24) is 10.2 Å². The summed E-state index contributed by atoms with van der Waals surface area (Å²) in [7, 11) is 2.18. The van der Waals surface area contributed by atoms with Crippen LogP contribution >= 0.6 is 0 Å². The molecule has 0 bridgehead atoms. The summed E-state index contributed by atoms with van der Waals surface area (Å²) < 4.78 is 0. The molecule has 0 atom stereocenters. The molecule has 4 nitrogen and oxygen atoms in total. The second kappa shape index (κ2) is 6.71. The normalized spacial score (nSPS) is 23.1. The van der Waals surface area contributed by atoms with Crippen LogP contribution in [-0.4, -0.2) is 43.5 Å². The van der Waals surface area contributed by atoms with E-state index in [4.69, 9.17) is 5.73 Å². The van der Waals surface area contributed by atoms with Gasteiger partial charge in [0.05, 0.1) is 5.41 Å². The Morgan fingerprint density at radius 1 is 1.26 bits per heavy atom. The van der Waals surface area contributed by atoms with E-state index in [0.717, 1.165) is 44.8 Å². The third-order valence-corrected chi connectivity index (χ3v) is 5.13. The van der Waals surface area contributed by atoms with Crippen molar-refractivity contribution in [2.24, 2.45) is 11.1 Å². The van der Waals surface area contributed by atoms with Crippen LogP contribution in [0.3, 0.4) is 0 Å². The molecule has 2 aliphatic carbocycles. The lowest BCUT2D eigenvalue weighted by atomic mass is 9.85. The molecule has 0 aromatic rings. The standard InChI is InChI=1S/C15H29N3O/c1-18(13-6-2-3-7-13)11-10-17-14(19)15(12-16)8-4-5-9-15/h13H,2-12,16H2,1H3,(H,17,19). The first-order valence-corrected chi connectivity index (χ1v) is 7.86. The minimum atomic E-state index is -0.258. The zero-order valence-electron chi connectivity index (χ0n) is 12.3. The number of nitrogens with one attached hydrogen (secondary N) is 1. The van der Waals surface area contributed by atoms with Gasteiger partial charge in [-0.1, -0.05) is 25.7 Å². The first-order chi connectivity index (χ1) is 9.18. The summed E-state index contributed by atoms with van der Waals surface area (Å²) in [6.45, 7) is 2.21. The van der Waals surface area contributed by atoms with Gasteiger partial charge in [0.25, 0.3) is 0 Å². The number of carbonyl (C=O) groups excluding carboxylic acids is 1. The van der Waals surface area contributed by atoms with E-state index in [1.165, 1.54) is 25.7 Å². The summed E-state index contributed by atoms with van der Waals surface area (Å²) in [5, 5.41) is 3.11. The number of rotatable bonds is 6. The number of hydrogen-bond donors (Lipinski definition) is 2. The van der Waals surface area contributed by atoms with Crippen LogP contribution < -0.4 is 11.1 Å². The fourth-order valence-electron chi connectivity index (χ4n) is 3.64. The molecule has 0 aromatic carbocycles. The Hall–Kier alpha value is -0.610. The van der Waals surface area contributed by atoms with Gasteiger partial charge in [0, 0.05) is 25.7 Å². The molecule has 110 valence electrons. The molecule has 19 heavy (non-hydrogen) atoms. The van der Waals surface area contributed by atoms with Gasteiger partial charge in [0.1, 0.15) is 0 Å². The topological polar surface area (TPSA) is 58.4 Å². The summed E-state index contributed by atoms with van der Waals surface area (Å²) in [4.78, 5) is 14.7. The Bertz CT molecular complexity index is 294. The van der Waals surface area contributed by atoms with Crippen molar-refractivity contribution in [2.45, 2.75) is 57.4 Å². The van der Waals surface area contributed by atoms with Crippen molar-refractivity contribution in [3.63, 3.8) is 0 Å². The Balaban J connectivity index is 1.71. The van der Waals surface area contributed by atoms with Crippen LogP contribution in [0.4, 0.5) is 0 Å². The molecule has 4 heteroatoms. The maximum absolute atomic E-state index is 12.3. The van der Waals surface area contributed by atoms with Gasteiger partial charge in [0.2, 0.25) is 5.91 Å². The molecular weight excluding hydrogens is 238 g/mol. The van der Waals surface area contributed by atoms with E-state index >= 15 is 0 Å². The van der Waals surface area contributed by atoms with Gasteiger partial charge < -0.3 is 16.0 Å². The Morgan fingerprint density at radius 2 is 1.89 bits per heavy atom. The highest BCUT2D eigenvalue weighted by atomic mass is 16.2. The fraction of sp³-hybridized carbons (Fsp3) is 0.933. The number of amides is 1. The van der Waals surface area contributed by atoms with E-state index in [1.807, 2.05) is 0 Å². The minimum Gasteiger partial charge on any atom is -0.354 e. The molecule has 3 N–H and O–H groups in total. The second-order valence-electron chi connectivity index (χ2n) is 6.37. The lowest BCUT2D eigenvalue weighted by Crippen LogP contribution is -2.46. The third kappa shape index (κ3) is 3.48. The Labute approximate surface area is 117 Å². The lowest BCUT2D eigenvalue weighted by molar-refractivity contribution is -0.130. The van der Waals surface area contributed by atoms with Crippen LogP contribution in [0.25, 0.3) is 0 Å². The van der Waals surface area contributed by atoms with Crippen LogP contribution in [0, 0.1) is 5.41 Å². The average molecular weight is 267 g/mol. The molecule has 2 rings (SSSR count). The maximum Gasteiger partial charge on any atom is 0.227 e. The smallest absolute Gasteiger partial charge is 0.227 e. The van der Waals surface area contributed by atoms with Gasteiger partial charge in [-0.2, -0.15) is 0 Å². The summed E-state index contributed by atoms with van der Waals surface area (Å²) in [5.74, 6) is 0.187. The SMILES string of the molecule is CN(CCNC(=O)C1(CN)CCCC1)C1CCCC1. The van der Waals surface area contributed by atoms with Crippen LogP contribution in [0.5, 0.6) is 0 Å². The van der Waals surface area contributed by atoms with E-state index in [1.54, 1.807) is 0 Å². The minimum absolute atomic E-state index is 0.187. The van der Waals surface area contributed by atoms with E-state index < -0.39 is 0 Å². The molecule has 0 aromatic heterocycles. The first-order valence-electron chi connectivity index (χ1n) is 7.86. The van der Waals surface area contributed by atoms with Crippen molar-refractivity contribution < 1.29 is 4.79 Å². The van der Waals surface area contributed by atoms with Gasteiger partial charge in [0.15, 0.2) is 0 Å². The third-order valence-electron chi connectivity index (χ3n) is 5.13. The molecule has 2 aliphatic rings. The summed E-state index contributed by atoms with van der Waals surface area (Å²) in [6.07, 6.45) is 9.57. The number of hydrogen-bond acceptors (Lipinski definition) is 3. The molecule has 1 amide bonds. The first kappa shape index (κ1) is 14.8. The van der Waals surface area contributed by atoms with Crippen molar-refractivity contribution in [3.8, 4) is 0 Å². The number of nitrogens with zero attached hydrogens (tertiary/aromatic N) is 1. The highest BCUT2D eigenvalue weighted by Gasteiger charge is 2.39. The van der Waals surface area contributed by atoms with Gasteiger partial charge in [-0.15, -0.1) is 0 Å².